The number of rotatable bonds is 2. The molecule has 0 radical (unpaired) electrons. The van der Waals surface area contributed by atoms with Gasteiger partial charge in [0.1, 0.15) is 6.54 Å². The molecule has 0 unspecified atom stereocenters. The van der Waals surface area contributed by atoms with Gasteiger partial charge in [-0.05, 0) is 31.0 Å². The summed E-state index contributed by atoms with van der Waals surface area (Å²) in [6, 6.07) is 5.60. The fraction of sp³-hybridized carbons (Fsp3) is 0.429. The molecule has 1 saturated carbocycles. The Hall–Kier alpha value is -1.27. The molecule has 1 aromatic carbocycles. The number of hydrogen-bond donors (Lipinski definition) is 1. The van der Waals surface area contributed by atoms with Crippen LogP contribution in [0.5, 0.6) is 0 Å². The average molecular weight is 375 g/mol. The van der Waals surface area contributed by atoms with Gasteiger partial charge in [0, 0.05) is 29.3 Å². The van der Waals surface area contributed by atoms with E-state index in [0.717, 1.165) is 17.3 Å². The van der Waals surface area contributed by atoms with Crippen molar-refractivity contribution >= 4 is 45.8 Å². The number of nitrogens with two attached hydrogens (primary N) is 1. The Morgan fingerprint density at radius 3 is 2.57 bits per heavy atom. The van der Waals surface area contributed by atoms with Crippen molar-refractivity contribution in [2.75, 3.05) is 25.4 Å². The number of hydrogen-bond acceptors (Lipinski definition) is 3. The molecule has 1 saturated heterocycles. The summed E-state index contributed by atoms with van der Waals surface area (Å²) in [7, 11) is 0. The summed E-state index contributed by atoms with van der Waals surface area (Å²) in [5, 5.41) is 0. The predicted molar refractivity (Wildman–Crippen MR) is 86.4 cm³/mol. The van der Waals surface area contributed by atoms with E-state index in [1.54, 1.807) is 23.1 Å². The highest BCUT2D eigenvalue weighted by Gasteiger charge is 2.37. The minimum absolute atomic E-state index is 0. The number of carbonyl (C=O) groups is 2. The van der Waals surface area contributed by atoms with Crippen LogP contribution in [0.1, 0.15) is 23.2 Å². The van der Waals surface area contributed by atoms with Crippen LogP contribution < -0.4 is 5.73 Å². The smallest absolute Gasteiger partial charge is 0.256 e. The van der Waals surface area contributed by atoms with Gasteiger partial charge in [-0.25, -0.2) is 0 Å². The average Bonchev–Trinajstić information content (AvgIpc) is 3.22. The molecule has 0 bridgehead atoms. The molecule has 5 nitrogen and oxygen atoms in total. The lowest BCUT2D eigenvalue weighted by molar-refractivity contribution is -0.135. The number of carbonyl (C=O) groups excluding carboxylic acids is 2. The zero-order chi connectivity index (χ0) is 14.3. The van der Waals surface area contributed by atoms with Crippen molar-refractivity contribution in [3.8, 4) is 0 Å². The first-order chi connectivity index (χ1) is 9.56. The molecule has 1 aliphatic heterocycles. The first-order valence-electron chi connectivity index (χ1n) is 6.70. The van der Waals surface area contributed by atoms with E-state index in [9.17, 15) is 9.59 Å². The number of piperazine rings is 1. The summed E-state index contributed by atoms with van der Waals surface area (Å²) in [5.41, 5.74) is 6.77. The fourth-order valence-electron chi connectivity index (χ4n) is 2.53. The maximum absolute atomic E-state index is 12.4. The van der Waals surface area contributed by atoms with Gasteiger partial charge in [-0.3, -0.25) is 9.59 Å². The summed E-state index contributed by atoms with van der Waals surface area (Å²) in [5.74, 6) is -0.124. The molecule has 1 heterocycles. The third kappa shape index (κ3) is 3.32. The third-order valence-electron chi connectivity index (χ3n) is 3.78. The number of anilines is 1. The molecule has 114 valence electrons. The summed E-state index contributed by atoms with van der Waals surface area (Å²) in [6.07, 6.45) is 2.19. The van der Waals surface area contributed by atoms with Gasteiger partial charge in [-0.2, -0.15) is 0 Å². The number of halogens is 2. The summed E-state index contributed by atoms with van der Waals surface area (Å²) in [6.45, 7) is 1.37. The first kappa shape index (κ1) is 16.1. The van der Waals surface area contributed by atoms with E-state index < -0.39 is 0 Å². The lowest BCUT2D eigenvalue weighted by atomic mass is 10.1. The topological polar surface area (TPSA) is 66.6 Å². The normalized spacial score (nSPS) is 18.4. The van der Waals surface area contributed by atoms with Crippen molar-refractivity contribution < 1.29 is 9.59 Å². The van der Waals surface area contributed by atoms with Crippen molar-refractivity contribution in [3.63, 3.8) is 0 Å². The largest absolute Gasteiger partial charge is 0.398 e. The van der Waals surface area contributed by atoms with E-state index in [2.05, 4.69) is 15.9 Å². The third-order valence-corrected chi connectivity index (χ3v) is 4.27. The van der Waals surface area contributed by atoms with E-state index in [1.807, 2.05) is 4.90 Å². The molecule has 2 N–H and O–H groups in total. The van der Waals surface area contributed by atoms with Gasteiger partial charge in [-0.1, -0.05) is 15.9 Å². The number of benzene rings is 1. The molecule has 0 spiro atoms. The van der Waals surface area contributed by atoms with Crippen LogP contribution in [0.3, 0.4) is 0 Å². The minimum Gasteiger partial charge on any atom is -0.398 e. The van der Waals surface area contributed by atoms with Crippen LogP contribution in [0.15, 0.2) is 22.7 Å². The van der Waals surface area contributed by atoms with Crippen molar-refractivity contribution in [3.05, 3.63) is 28.2 Å². The second-order valence-corrected chi connectivity index (χ2v) is 6.19. The second-order valence-electron chi connectivity index (χ2n) is 5.28. The summed E-state index contributed by atoms with van der Waals surface area (Å²) >= 11 is 3.32. The van der Waals surface area contributed by atoms with Crippen LogP contribution >= 0.6 is 28.3 Å². The zero-order valence-corrected chi connectivity index (χ0v) is 13.8. The van der Waals surface area contributed by atoms with Crippen molar-refractivity contribution in [2.24, 2.45) is 0 Å². The van der Waals surface area contributed by atoms with Gasteiger partial charge in [0.2, 0.25) is 5.91 Å². The fourth-order valence-corrected chi connectivity index (χ4v) is 2.91. The molecule has 2 fully saturated rings. The predicted octanol–water partition coefficient (Wildman–Crippen LogP) is 1.90. The zero-order valence-electron chi connectivity index (χ0n) is 11.4. The van der Waals surface area contributed by atoms with Gasteiger partial charge in [0.05, 0.1) is 5.56 Å². The molecule has 7 heteroatoms. The highest BCUT2D eigenvalue weighted by atomic mass is 79.9. The maximum Gasteiger partial charge on any atom is 0.256 e. The molecule has 2 aliphatic rings. The van der Waals surface area contributed by atoms with Crippen molar-refractivity contribution in [1.29, 1.82) is 0 Å². The lowest BCUT2D eigenvalue weighted by Crippen LogP contribution is -2.53. The quantitative estimate of drug-likeness (QED) is 0.804. The Morgan fingerprint density at radius 1 is 1.29 bits per heavy atom. The Labute approximate surface area is 138 Å². The van der Waals surface area contributed by atoms with Gasteiger partial charge in [0.15, 0.2) is 0 Å². The van der Waals surface area contributed by atoms with E-state index in [0.29, 0.717) is 30.4 Å². The monoisotopic (exact) mass is 373 g/mol. The molecule has 1 aliphatic carbocycles. The van der Waals surface area contributed by atoms with E-state index in [1.165, 1.54) is 0 Å². The van der Waals surface area contributed by atoms with Crippen molar-refractivity contribution in [1.82, 2.24) is 9.80 Å². The maximum atomic E-state index is 12.4. The number of nitrogen functional groups attached to an aromatic ring is 1. The first-order valence-corrected chi connectivity index (χ1v) is 7.49. The number of amides is 2. The second kappa shape index (κ2) is 6.23. The van der Waals surface area contributed by atoms with E-state index >= 15 is 0 Å². The van der Waals surface area contributed by atoms with Gasteiger partial charge in [-0.15, -0.1) is 12.4 Å². The van der Waals surface area contributed by atoms with Crippen LogP contribution in [0, 0.1) is 0 Å². The SMILES string of the molecule is Cl.Nc1cc(Br)ccc1C(=O)N1CCN(C2CC2)C(=O)C1. The highest BCUT2D eigenvalue weighted by molar-refractivity contribution is 9.10. The van der Waals surface area contributed by atoms with Crippen LogP contribution in [-0.2, 0) is 4.79 Å². The molecule has 2 amide bonds. The van der Waals surface area contributed by atoms with E-state index in [4.69, 9.17) is 5.73 Å². The molecular formula is C14H17BrClN3O2. The summed E-state index contributed by atoms with van der Waals surface area (Å²) < 4.78 is 0.834. The molecule has 3 rings (SSSR count). The van der Waals surface area contributed by atoms with Crippen LogP contribution in [0.25, 0.3) is 0 Å². The Kier molecular flexibility index (Phi) is 4.78. The van der Waals surface area contributed by atoms with Gasteiger partial charge in [0.25, 0.3) is 5.91 Å². The van der Waals surface area contributed by atoms with Crippen LogP contribution in [-0.4, -0.2) is 47.3 Å². The van der Waals surface area contributed by atoms with E-state index in [-0.39, 0.29) is 30.8 Å². The Bertz CT molecular complexity index is 577. The van der Waals surface area contributed by atoms with Crippen molar-refractivity contribution in [2.45, 2.75) is 18.9 Å². The minimum atomic E-state index is -0.168. The molecule has 21 heavy (non-hydrogen) atoms. The Morgan fingerprint density at radius 2 is 2.00 bits per heavy atom. The van der Waals surface area contributed by atoms with Gasteiger partial charge >= 0.3 is 0 Å². The van der Waals surface area contributed by atoms with Crippen LogP contribution in [0.2, 0.25) is 0 Å². The summed E-state index contributed by atoms with van der Waals surface area (Å²) in [4.78, 5) is 28.0. The molecule has 0 aromatic heterocycles. The molecule has 1 aromatic rings. The number of nitrogens with zero attached hydrogens (tertiary/aromatic N) is 2. The Balaban J connectivity index is 0.00000161. The van der Waals surface area contributed by atoms with Gasteiger partial charge < -0.3 is 15.5 Å². The molecule has 0 atom stereocenters. The lowest BCUT2D eigenvalue weighted by Gasteiger charge is -2.34. The molecular weight excluding hydrogens is 358 g/mol. The standard InChI is InChI=1S/C14H16BrN3O2.ClH/c15-9-1-4-11(12(16)7-9)14(20)17-5-6-18(10-2-3-10)13(19)8-17;/h1,4,7,10H,2-3,5-6,8,16H2;1H. The van der Waals surface area contributed by atoms with Crippen LogP contribution in [0.4, 0.5) is 5.69 Å². The highest BCUT2D eigenvalue weighted by Crippen LogP contribution is 2.28.